The highest BCUT2D eigenvalue weighted by Crippen LogP contribution is 2.30. The lowest BCUT2D eigenvalue weighted by Crippen LogP contribution is -2.22. The zero-order valence-electron chi connectivity index (χ0n) is 11.7. The maximum absolute atomic E-state index is 6.32. The second-order valence-electron chi connectivity index (χ2n) is 4.69. The molecule has 2 rings (SSSR count). The third-order valence-electron chi connectivity index (χ3n) is 3.12. The van der Waals surface area contributed by atoms with Crippen molar-refractivity contribution >= 4 is 23.2 Å². The quantitative estimate of drug-likeness (QED) is 0.862. The minimum absolute atomic E-state index is 0.0109. The first-order valence-electron chi connectivity index (χ1n) is 6.86. The number of hydrogen-bond acceptors (Lipinski definition) is 2. The summed E-state index contributed by atoms with van der Waals surface area (Å²) < 4.78 is 1.96. The van der Waals surface area contributed by atoms with E-state index in [0.717, 1.165) is 30.6 Å². The van der Waals surface area contributed by atoms with Crippen LogP contribution in [0.2, 0.25) is 10.0 Å². The summed E-state index contributed by atoms with van der Waals surface area (Å²) in [5.74, 6) is 0. The van der Waals surface area contributed by atoms with Crippen molar-refractivity contribution in [2.45, 2.75) is 32.9 Å². The van der Waals surface area contributed by atoms with Gasteiger partial charge < -0.3 is 5.32 Å². The van der Waals surface area contributed by atoms with Gasteiger partial charge in [0.2, 0.25) is 0 Å². The Bertz CT molecular complexity index is 566. The molecule has 0 amide bonds. The van der Waals surface area contributed by atoms with Gasteiger partial charge in [-0.25, -0.2) is 0 Å². The highest BCUT2D eigenvalue weighted by molar-refractivity contribution is 6.33. The molecule has 1 unspecified atom stereocenters. The molecule has 1 atom stereocenters. The lowest BCUT2D eigenvalue weighted by molar-refractivity contribution is 0.597. The molecular formula is C15H19Cl2N3. The Morgan fingerprint density at radius 3 is 2.80 bits per heavy atom. The van der Waals surface area contributed by atoms with E-state index in [1.807, 2.05) is 23.0 Å². The maximum Gasteiger partial charge on any atom is 0.0623 e. The topological polar surface area (TPSA) is 29.9 Å². The molecule has 3 nitrogen and oxygen atoms in total. The van der Waals surface area contributed by atoms with Crippen molar-refractivity contribution < 1.29 is 0 Å². The summed E-state index contributed by atoms with van der Waals surface area (Å²) in [6, 6.07) is 5.56. The molecule has 1 N–H and O–H groups in total. The molecule has 0 spiro atoms. The van der Waals surface area contributed by atoms with E-state index in [-0.39, 0.29) is 6.04 Å². The lowest BCUT2D eigenvalue weighted by Gasteiger charge is -2.18. The van der Waals surface area contributed by atoms with E-state index in [9.17, 15) is 0 Å². The average Bonchev–Trinajstić information content (AvgIpc) is 2.88. The van der Waals surface area contributed by atoms with Crippen LogP contribution < -0.4 is 5.32 Å². The SMILES string of the molecule is CCCn1cc(C(NCC)c2cc(Cl)ccc2Cl)cn1. The van der Waals surface area contributed by atoms with E-state index in [1.165, 1.54) is 0 Å². The fourth-order valence-corrected chi connectivity index (χ4v) is 2.63. The molecule has 2 aromatic rings. The Morgan fingerprint density at radius 1 is 1.30 bits per heavy atom. The number of benzene rings is 1. The van der Waals surface area contributed by atoms with E-state index in [1.54, 1.807) is 6.07 Å². The van der Waals surface area contributed by atoms with Crippen LogP contribution in [0, 0.1) is 0 Å². The van der Waals surface area contributed by atoms with E-state index < -0.39 is 0 Å². The smallest absolute Gasteiger partial charge is 0.0623 e. The van der Waals surface area contributed by atoms with Crippen molar-refractivity contribution in [1.82, 2.24) is 15.1 Å². The maximum atomic E-state index is 6.32. The van der Waals surface area contributed by atoms with Gasteiger partial charge in [0.25, 0.3) is 0 Å². The van der Waals surface area contributed by atoms with Crippen molar-refractivity contribution in [2.24, 2.45) is 0 Å². The van der Waals surface area contributed by atoms with Gasteiger partial charge in [0.15, 0.2) is 0 Å². The van der Waals surface area contributed by atoms with E-state index in [0.29, 0.717) is 10.0 Å². The molecule has 0 bridgehead atoms. The van der Waals surface area contributed by atoms with Crippen molar-refractivity contribution in [1.29, 1.82) is 0 Å². The van der Waals surface area contributed by atoms with Crippen LogP contribution in [0.3, 0.4) is 0 Å². The molecule has 0 saturated carbocycles. The van der Waals surface area contributed by atoms with Crippen molar-refractivity contribution in [2.75, 3.05) is 6.54 Å². The minimum Gasteiger partial charge on any atom is -0.306 e. The number of nitrogens with zero attached hydrogens (tertiary/aromatic N) is 2. The predicted octanol–water partition coefficient (Wildman–Crippen LogP) is 4.30. The molecule has 0 radical (unpaired) electrons. The van der Waals surface area contributed by atoms with E-state index >= 15 is 0 Å². The fourth-order valence-electron chi connectivity index (χ4n) is 2.23. The van der Waals surface area contributed by atoms with Gasteiger partial charge in [0, 0.05) is 28.4 Å². The van der Waals surface area contributed by atoms with E-state index in [4.69, 9.17) is 23.2 Å². The van der Waals surface area contributed by atoms with Crippen LogP contribution in [-0.2, 0) is 6.54 Å². The van der Waals surface area contributed by atoms with Gasteiger partial charge in [-0.1, -0.05) is 37.0 Å². The Balaban J connectivity index is 2.36. The summed E-state index contributed by atoms with van der Waals surface area (Å²) in [6.45, 7) is 5.97. The van der Waals surface area contributed by atoms with Crippen molar-refractivity contribution in [3.63, 3.8) is 0 Å². The number of aromatic nitrogens is 2. The molecule has 0 aliphatic heterocycles. The van der Waals surface area contributed by atoms with Crippen LogP contribution in [0.1, 0.15) is 37.4 Å². The molecule has 1 aromatic carbocycles. The summed E-state index contributed by atoms with van der Waals surface area (Å²) in [6.07, 6.45) is 5.01. The van der Waals surface area contributed by atoms with Gasteiger partial charge >= 0.3 is 0 Å². The normalized spacial score (nSPS) is 12.6. The summed E-state index contributed by atoms with van der Waals surface area (Å²) in [5.41, 5.74) is 2.08. The molecule has 108 valence electrons. The summed E-state index contributed by atoms with van der Waals surface area (Å²) in [5, 5.41) is 9.23. The minimum atomic E-state index is 0.0109. The van der Waals surface area contributed by atoms with Gasteiger partial charge in [-0.15, -0.1) is 0 Å². The Kier molecular flexibility index (Phi) is 5.46. The predicted molar refractivity (Wildman–Crippen MR) is 84.5 cm³/mol. The molecular weight excluding hydrogens is 293 g/mol. The second-order valence-corrected chi connectivity index (χ2v) is 5.54. The van der Waals surface area contributed by atoms with Crippen LogP contribution >= 0.6 is 23.2 Å². The highest BCUT2D eigenvalue weighted by Gasteiger charge is 2.18. The first kappa shape index (κ1) is 15.4. The number of halogens is 2. The average molecular weight is 312 g/mol. The fraction of sp³-hybridized carbons (Fsp3) is 0.400. The van der Waals surface area contributed by atoms with Gasteiger partial charge in [-0.05, 0) is 36.7 Å². The molecule has 0 aliphatic rings. The van der Waals surface area contributed by atoms with Crippen LogP contribution in [-0.4, -0.2) is 16.3 Å². The van der Waals surface area contributed by atoms with Crippen LogP contribution in [0.15, 0.2) is 30.6 Å². The molecule has 0 saturated heterocycles. The third kappa shape index (κ3) is 3.54. The molecule has 1 aromatic heterocycles. The molecule has 20 heavy (non-hydrogen) atoms. The van der Waals surface area contributed by atoms with E-state index in [2.05, 4.69) is 30.5 Å². The van der Waals surface area contributed by atoms with Gasteiger partial charge in [0.05, 0.1) is 12.2 Å². The molecule has 1 heterocycles. The first-order valence-corrected chi connectivity index (χ1v) is 7.62. The van der Waals surface area contributed by atoms with Gasteiger partial charge in [0.1, 0.15) is 0 Å². The zero-order chi connectivity index (χ0) is 14.5. The monoisotopic (exact) mass is 311 g/mol. The van der Waals surface area contributed by atoms with Crippen LogP contribution in [0.5, 0.6) is 0 Å². The lowest BCUT2D eigenvalue weighted by atomic mass is 10.0. The first-order chi connectivity index (χ1) is 9.65. The van der Waals surface area contributed by atoms with Crippen molar-refractivity contribution in [3.05, 3.63) is 51.8 Å². The zero-order valence-corrected chi connectivity index (χ0v) is 13.2. The molecule has 0 fully saturated rings. The third-order valence-corrected chi connectivity index (χ3v) is 3.70. The van der Waals surface area contributed by atoms with Gasteiger partial charge in [-0.2, -0.15) is 5.10 Å². The Morgan fingerprint density at radius 2 is 2.10 bits per heavy atom. The standard InChI is InChI=1S/C15H19Cl2N3/c1-3-7-20-10-11(9-19-20)15(18-4-2)13-8-12(16)5-6-14(13)17/h5-6,8-10,15,18H,3-4,7H2,1-2H3. The van der Waals surface area contributed by atoms with Crippen LogP contribution in [0.4, 0.5) is 0 Å². The highest BCUT2D eigenvalue weighted by atomic mass is 35.5. The number of aryl methyl sites for hydroxylation is 1. The summed E-state index contributed by atoms with van der Waals surface area (Å²) >= 11 is 12.4. The van der Waals surface area contributed by atoms with Crippen LogP contribution in [0.25, 0.3) is 0 Å². The number of rotatable bonds is 6. The largest absolute Gasteiger partial charge is 0.306 e. The number of nitrogens with one attached hydrogen (secondary N) is 1. The Hall–Kier alpha value is -1.03. The Labute approximate surface area is 129 Å². The summed E-state index contributed by atoms with van der Waals surface area (Å²) in [4.78, 5) is 0. The molecule has 0 aliphatic carbocycles. The summed E-state index contributed by atoms with van der Waals surface area (Å²) in [7, 11) is 0. The van der Waals surface area contributed by atoms with Crippen molar-refractivity contribution in [3.8, 4) is 0 Å². The second kappa shape index (κ2) is 7.11. The molecule has 5 heteroatoms. The number of hydrogen-bond donors (Lipinski definition) is 1. The van der Waals surface area contributed by atoms with Gasteiger partial charge in [-0.3, -0.25) is 4.68 Å².